The molecule has 136 valence electrons. The molecule has 1 fully saturated rings. The Kier molecular flexibility index (Phi) is 5.92. The van der Waals surface area contributed by atoms with Crippen molar-refractivity contribution >= 4 is 30.8 Å². The number of halogens is 2. The first-order chi connectivity index (χ1) is 12.0. The SMILES string of the molecule is CCOP(=O)(Cc1c(-c2c(Cl)cccc2Cl)noc1C1CC1)OCC. The van der Waals surface area contributed by atoms with Gasteiger partial charge in [-0.1, -0.05) is 34.4 Å². The quantitative estimate of drug-likeness (QED) is 0.484. The summed E-state index contributed by atoms with van der Waals surface area (Å²) in [6.45, 7) is 4.16. The molecule has 0 N–H and O–H groups in total. The van der Waals surface area contributed by atoms with E-state index in [1.165, 1.54) is 0 Å². The Balaban J connectivity index is 2.08. The fourth-order valence-corrected chi connectivity index (χ4v) is 5.09. The molecule has 0 spiro atoms. The average Bonchev–Trinajstić information content (AvgIpc) is 3.31. The van der Waals surface area contributed by atoms with Crippen molar-refractivity contribution in [2.45, 2.75) is 38.8 Å². The van der Waals surface area contributed by atoms with E-state index in [2.05, 4.69) is 5.16 Å². The van der Waals surface area contributed by atoms with Crippen molar-refractivity contribution < 1.29 is 18.1 Å². The monoisotopic (exact) mass is 403 g/mol. The summed E-state index contributed by atoms with van der Waals surface area (Å²) in [7, 11) is -3.31. The Bertz CT molecular complexity index is 774. The number of benzene rings is 1. The van der Waals surface area contributed by atoms with Crippen molar-refractivity contribution in [2.24, 2.45) is 0 Å². The van der Waals surface area contributed by atoms with Crippen LogP contribution < -0.4 is 0 Å². The van der Waals surface area contributed by atoms with E-state index < -0.39 is 7.60 Å². The van der Waals surface area contributed by atoms with E-state index in [1.807, 2.05) is 0 Å². The van der Waals surface area contributed by atoms with Crippen LogP contribution in [0.3, 0.4) is 0 Å². The molecule has 1 aromatic carbocycles. The minimum Gasteiger partial charge on any atom is -0.360 e. The highest BCUT2D eigenvalue weighted by Gasteiger charge is 2.37. The number of hydrogen-bond acceptors (Lipinski definition) is 5. The molecule has 0 aliphatic heterocycles. The molecular weight excluding hydrogens is 384 g/mol. The van der Waals surface area contributed by atoms with Crippen LogP contribution in [0.5, 0.6) is 0 Å². The normalized spacial score (nSPS) is 14.9. The van der Waals surface area contributed by atoms with Crippen molar-refractivity contribution in [3.8, 4) is 11.3 Å². The Labute approximate surface area is 157 Å². The molecule has 8 heteroatoms. The zero-order chi connectivity index (χ0) is 18.0. The lowest BCUT2D eigenvalue weighted by Crippen LogP contribution is -2.01. The van der Waals surface area contributed by atoms with Crippen LogP contribution >= 0.6 is 30.8 Å². The zero-order valence-corrected chi connectivity index (χ0v) is 16.5. The first-order valence-corrected chi connectivity index (χ1v) is 10.8. The molecule has 1 aromatic heterocycles. The minimum atomic E-state index is -3.31. The van der Waals surface area contributed by atoms with Gasteiger partial charge in [-0.15, -0.1) is 0 Å². The zero-order valence-electron chi connectivity index (χ0n) is 14.1. The van der Waals surface area contributed by atoms with Crippen molar-refractivity contribution in [2.75, 3.05) is 13.2 Å². The smallest absolute Gasteiger partial charge is 0.335 e. The topological polar surface area (TPSA) is 61.6 Å². The van der Waals surface area contributed by atoms with Crippen LogP contribution in [0.1, 0.15) is 43.9 Å². The highest BCUT2D eigenvalue weighted by molar-refractivity contribution is 7.53. The van der Waals surface area contributed by atoms with Gasteiger partial charge in [-0.2, -0.15) is 0 Å². The molecule has 0 amide bonds. The van der Waals surface area contributed by atoms with Crippen molar-refractivity contribution in [3.05, 3.63) is 39.6 Å². The van der Waals surface area contributed by atoms with E-state index in [0.29, 0.717) is 40.1 Å². The third-order valence-corrected chi connectivity index (χ3v) is 6.61. The molecule has 0 atom stereocenters. The second-order valence-corrected chi connectivity index (χ2v) is 8.72. The van der Waals surface area contributed by atoms with E-state index in [-0.39, 0.29) is 12.1 Å². The molecule has 0 saturated heterocycles. The van der Waals surface area contributed by atoms with Gasteiger partial charge < -0.3 is 13.6 Å². The fourth-order valence-electron chi connectivity index (χ4n) is 2.78. The third-order valence-electron chi connectivity index (χ3n) is 3.97. The molecule has 1 aliphatic carbocycles. The lowest BCUT2D eigenvalue weighted by atomic mass is 10.1. The predicted octanol–water partition coefficient (Wildman–Crippen LogP) is 6.29. The van der Waals surface area contributed by atoms with Crippen LogP contribution in [-0.2, 0) is 19.8 Å². The molecule has 1 heterocycles. The summed E-state index contributed by atoms with van der Waals surface area (Å²) >= 11 is 12.7. The molecule has 0 radical (unpaired) electrons. The van der Waals surface area contributed by atoms with Crippen molar-refractivity contribution in [1.29, 1.82) is 0 Å². The fraction of sp³-hybridized carbons (Fsp3) is 0.471. The van der Waals surface area contributed by atoms with Gasteiger partial charge in [0, 0.05) is 17.0 Å². The summed E-state index contributed by atoms with van der Waals surface area (Å²) in [6.07, 6.45) is 2.12. The Morgan fingerprint density at radius 3 is 2.32 bits per heavy atom. The summed E-state index contributed by atoms with van der Waals surface area (Å²) in [4.78, 5) is 0. The molecule has 5 nitrogen and oxygen atoms in total. The van der Waals surface area contributed by atoms with Crippen molar-refractivity contribution in [1.82, 2.24) is 5.16 Å². The van der Waals surface area contributed by atoms with Crippen LogP contribution in [0, 0.1) is 0 Å². The van der Waals surface area contributed by atoms with Gasteiger partial charge in [0.25, 0.3) is 0 Å². The molecule has 3 rings (SSSR count). The van der Waals surface area contributed by atoms with E-state index in [9.17, 15) is 4.57 Å². The molecule has 0 bridgehead atoms. The predicted molar refractivity (Wildman–Crippen MR) is 98.5 cm³/mol. The number of nitrogens with zero attached hydrogens (tertiary/aromatic N) is 1. The van der Waals surface area contributed by atoms with Gasteiger partial charge in [-0.25, -0.2) is 0 Å². The molecule has 25 heavy (non-hydrogen) atoms. The highest BCUT2D eigenvalue weighted by Crippen LogP contribution is 2.55. The summed E-state index contributed by atoms with van der Waals surface area (Å²) < 4.78 is 29.5. The lowest BCUT2D eigenvalue weighted by molar-refractivity contribution is 0.219. The van der Waals surface area contributed by atoms with Gasteiger partial charge in [-0.05, 0) is 38.8 Å². The molecular formula is C17H20Cl2NO4P. The Morgan fingerprint density at radius 1 is 1.20 bits per heavy atom. The lowest BCUT2D eigenvalue weighted by Gasteiger charge is -2.17. The van der Waals surface area contributed by atoms with E-state index in [1.54, 1.807) is 32.0 Å². The van der Waals surface area contributed by atoms with Crippen LogP contribution in [0.25, 0.3) is 11.3 Å². The van der Waals surface area contributed by atoms with Crippen LogP contribution in [0.2, 0.25) is 10.0 Å². The van der Waals surface area contributed by atoms with Gasteiger partial charge >= 0.3 is 7.60 Å². The third kappa shape index (κ3) is 4.12. The van der Waals surface area contributed by atoms with E-state index in [4.69, 9.17) is 36.8 Å². The maximum Gasteiger partial charge on any atom is 0.335 e. The number of rotatable bonds is 8. The van der Waals surface area contributed by atoms with Gasteiger partial charge in [0.05, 0.1) is 29.4 Å². The molecule has 0 unspecified atom stereocenters. The summed E-state index contributed by atoms with van der Waals surface area (Å²) in [6, 6.07) is 5.24. The molecule has 2 aromatic rings. The number of hydrogen-bond donors (Lipinski definition) is 0. The first kappa shape index (κ1) is 18.9. The van der Waals surface area contributed by atoms with Crippen LogP contribution in [-0.4, -0.2) is 18.4 Å². The average molecular weight is 404 g/mol. The van der Waals surface area contributed by atoms with E-state index >= 15 is 0 Å². The maximum absolute atomic E-state index is 13.0. The second kappa shape index (κ2) is 7.81. The summed E-state index contributed by atoms with van der Waals surface area (Å²) in [5.41, 5.74) is 1.80. The van der Waals surface area contributed by atoms with Gasteiger partial charge in [0.15, 0.2) is 0 Å². The van der Waals surface area contributed by atoms with Crippen molar-refractivity contribution in [3.63, 3.8) is 0 Å². The summed E-state index contributed by atoms with van der Waals surface area (Å²) in [5, 5.41) is 5.13. The first-order valence-electron chi connectivity index (χ1n) is 8.30. The second-order valence-electron chi connectivity index (χ2n) is 5.85. The van der Waals surface area contributed by atoms with Crippen LogP contribution in [0.4, 0.5) is 0 Å². The molecule has 1 aliphatic rings. The molecule has 1 saturated carbocycles. The van der Waals surface area contributed by atoms with Gasteiger partial charge in [-0.3, -0.25) is 4.57 Å². The van der Waals surface area contributed by atoms with E-state index in [0.717, 1.165) is 18.6 Å². The standard InChI is InChI=1S/C17H20Cl2NO4P/c1-3-22-25(21,23-4-2)10-12-16(20-24-17(12)11-8-9-11)15-13(18)6-5-7-14(15)19/h5-7,11H,3-4,8-10H2,1-2H3. The summed E-state index contributed by atoms with van der Waals surface area (Å²) in [5.74, 6) is 1.01. The highest BCUT2D eigenvalue weighted by atomic mass is 35.5. The number of aromatic nitrogens is 1. The van der Waals surface area contributed by atoms with Gasteiger partial charge in [0.2, 0.25) is 0 Å². The van der Waals surface area contributed by atoms with Gasteiger partial charge in [0.1, 0.15) is 11.5 Å². The largest absolute Gasteiger partial charge is 0.360 e. The minimum absolute atomic E-state index is 0.0842. The van der Waals surface area contributed by atoms with Crippen LogP contribution in [0.15, 0.2) is 22.7 Å². The maximum atomic E-state index is 13.0. The Morgan fingerprint density at radius 2 is 1.80 bits per heavy atom. The Hall–Kier alpha value is -0.840.